The quantitative estimate of drug-likeness (QED) is 0.505. The summed E-state index contributed by atoms with van der Waals surface area (Å²) in [4.78, 5) is 41.0. The summed E-state index contributed by atoms with van der Waals surface area (Å²) in [5.74, 6) is -0.902. The molecule has 2 aromatic rings. The van der Waals surface area contributed by atoms with Crippen molar-refractivity contribution in [3.63, 3.8) is 0 Å². The maximum absolute atomic E-state index is 12.0. The minimum absolute atomic E-state index is 0.0158. The van der Waals surface area contributed by atoms with Crippen molar-refractivity contribution >= 4 is 34.9 Å². The van der Waals surface area contributed by atoms with E-state index in [0.717, 1.165) is 15.8 Å². The van der Waals surface area contributed by atoms with Gasteiger partial charge in [-0.25, -0.2) is 14.6 Å². The highest BCUT2D eigenvalue weighted by Gasteiger charge is 2.43. The molecule has 0 bridgehead atoms. The van der Waals surface area contributed by atoms with Crippen LogP contribution in [-0.2, 0) is 14.3 Å². The standard InChI is InChI=1S/C19H19N3O4/c1-19(2)17(24)22(18(25)21-19)11-12-26-16(23)10-9-14-8-7-13-5-3-4-6-15(13)20-14/h3-10H,11-12H2,1-2H3,(H,21,25)/b10-9-. The number of hydrogen-bond acceptors (Lipinski definition) is 5. The van der Waals surface area contributed by atoms with Gasteiger partial charge in [-0.3, -0.25) is 9.69 Å². The minimum Gasteiger partial charge on any atom is -0.461 e. The van der Waals surface area contributed by atoms with Gasteiger partial charge in [0.2, 0.25) is 0 Å². The van der Waals surface area contributed by atoms with E-state index in [-0.39, 0.29) is 19.1 Å². The molecule has 0 radical (unpaired) electrons. The van der Waals surface area contributed by atoms with Gasteiger partial charge in [0.25, 0.3) is 5.91 Å². The maximum Gasteiger partial charge on any atom is 0.330 e. The molecule has 7 heteroatoms. The first-order chi connectivity index (χ1) is 12.4. The van der Waals surface area contributed by atoms with Crippen molar-refractivity contribution in [3.8, 4) is 0 Å². The average molecular weight is 353 g/mol. The van der Waals surface area contributed by atoms with Crippen LogP contribution < -0.4 is 5.32 Å². The molecule has 7 nitrogen and oxygen atoms in total. The van der Waals surface area contributed by atoms with Crippen LogP contribution in [0.15, 0.2) is 42.5 Å². The van der Waals surface area contributed by atoms with Crippen LogP contribution in [0, 0.1) is 0 Å². The van der Waals surface area contributed by atoms with Gasteiger partial charge >= 0.3 is 12.0 Å². The molecule has 0 aliphatic carbocycles. The van der Waals surface area contributed by atoms with Crippen molar-refractivity contribution in [2.24, 2.45) is 0 Å². The Hall–Kier alpha value is -3.22. The largest absolute Gasteiger partial charge is 0.461 e. The number of pyridine rings is 1. The number of rotatable bonds is 5. The minimum atomic E-state index is -0.928. The van der Waals surface area contributed by atoms with Crippen LogP contribution in [0.25, 0.3) is 17.0 Å². The number of nitrogens with one attached hydrogen (secondary N) is 1. The number of carbonyl (C=O) groups is 3. The Labute approximate surface area is 150 Å². The van der Waals surface area contributed by atoms with Crippen molar-refractivity contribution in [3.05, 3.63) is 48.2 Å². The molecule has 0 unspecified atom stereocenters. The van der Waals surface area contributed by atoms with Gasteiger partial charge in [-0.05, 0) is 32.1 Å². The monoisotopic (exact) mass is 353 g/mol. The first-order valence-corrected chi connectivity index (χ1v) is 8.21. The summed E-state index contributed by atoms with van der Waals surface area (Å²) in [6.45, 7) is 3.20. The number of esters is 1. The second kappa shape index (κ2) is 6.95. The number of amides is 3. The van der Waals surface area contributed by atoms with Crippen molar-refractivity contribution in [1.82, 2.24) is 15.2 Å². The van der Waals surface area contributed by atoms with E-state index >= 15 is 0 Å². The van der Waals surface area contributed by atoms with E-state index in [2.05, 4.69) is 10.3 Å². The molecular formula is C19H19N3O4. The Balaban J connectivity index is 1.53. The summed E-state index contributed by atoms with van der Waals surface area (Å²) >= 11 is 0. The van der Waals surface area contributed by atoms with Crippen LogP contribution >= 0.6 is 0 Å². The SMILES string of the molecule is CC1(C)NC(=O)N(CCOC(=O)/C=C\c2ccc3ccccc3n2)C1=O. The number of urea groups is 1. The molecule has 26 heavy (non-hydrogen) atoms. The molecule has 0 atom stereocenters. The van der Waals surface area contributed by atoms with Crippen LogP contribution in [0.2, 0.25) is 0 Å². The summed E-state index contributed by atoms with van der Waals surface area (Å²) in [5.41, 5.74) is 0.545. The normalized spacial score (nSPS) is 16.3. The van der Waals surface area contributed by atoms with Crippen LogP contribution in [-0.4, -0.2) is 46.5 Å². The van der Waals surface area contributed by atoms with Crippen LogP contribution in [0.4, 0.5) is 4.79 Å². The van der Waals surface area contributed by atoms with Gasteiger partial charge < -0.3 is 10.1 Å². The number of carbonyl (C=O) groups excluding carboxylic acids is 3. The van der Waals surface area contributed by atoms with Crippen molar-refractivity contribution in [2.45, 2.75) is 19.4 Å². The first-order valence-electron chi connectivity index (χ1n) is 8.21. The highest BCUT2D eigenvalue weighted by Crippen LogP contribution is 2.16. The van der Waals surface area contributed by atoms with Gasteiger partial charge in [0.15, 0.2) is 0 Å². The van der Waals surface area contributed by atoms with Gasteiger partial charge in [-0.2, -0.15) is 0 Å². The molecule has 134 valence electrons. The number of fused-ring (bicyclic) bond motifs is 1. The fourth-order valence-corrected chi connectivity index (χ4v) is 2.63. The molecule has 1 aliphatic rings. The van der Waals surface area contributed by atoms with E-state index in [1.165, 1.54) is 6.08 Å². The molecule has 1 aromatic heterocycles. The molecule has 3 rings (SSSR count). The van der Waals surface area contributed by atoms with Crippen LogP contribution in [0.5, 0.6) is 0 Å². The van der Waals surface area contributed by atoms with E-state index in [0.29, 0.717) is 5.69 Å². The van der Waals surface area contributed by atoms with E-state index in [9.17, 15) is 14.4 Å². The van der Waals surface area contributed by atoms with Gasteiger partial charge in [0.05, 0.1) is 17.8 Å². The molecule has 2 heterocycles. The topological polar surface area (TPSA) is 88.6 Å². The zero-order chi connectivity index (χ0) is 18.7. The first kappa shape index (κ1) is 17.6. The van der Waals surface area contributed by atoms with Gasteiger partial charge in [0, 0.05) is 11.5 Å². The molecule has 1 fully saturated rings. The van der Waals surface area contributed by atoms with Gasteiger partial charge in [0.1, 0.15) is 12.1 Å². The number of imide groups is 1. The number of hydrogen-bond donors (Lipinski definition) is 1. The highest BCUT2D eigenvalue weighted by atomic mass is 16.5. The van der Waals surface area contributed by atoms with Crippen molar-refractivity contribution < 1.29 is 19.1 Å². The van der Waals surface area contributed by atoms with Crippen molar-refractivity contribution in [2.75, 3.05) is 13.2 Å². The predicted octanol–water partition coefficient (Wildman–Crippen LogP) is 2.12. The third-order valence-electron chi connectivity index (χ3n) is 4.01. The fourth-order valence-electron chi connectivity index (χ4n) is 2.63. The molecule has 1 saturated heterocycles. The third-order valence-corrected chi connectivity index (χ3v) is 4.01. The second-order valence-electron chi connectivity index (χ2n) is 6.44. The van der Waals surface area contributed by atoms with E-state index in [1.54, 1.807) is 26.0 Å². The lowest BCUT2D eigenvalue weighted by Crippen LogP contribution is -2.40. The Morgan fingerprint density at radius 1 is 1.23 bits per heavy atom. The molecular weight excluding hydrogens is 334 g/mol. The number of nitrogens with zero attached hydrogens (tertiary/aromatic N) is 2. The Morgan fingerprint density at radius 2 is 2.00 bits per heavy atom. The Kier molecular flexibility index (Phi) is 4.71. The van der Waals surface area contributed by atoms with Crippen LogP contribution in [0.1, 0.15) is 19.5 Å². The van der Waals surface area contributed by atoms with Gasteiger partial charge in [-0.1, -0.05) is 24.3 Å². The van der Waals surface area contributed by atoms with Crippen LogP contribution in [0.3, 0.4) is 0 Å². The molecule has 1 aliphatic heterocycles. The lowest BCUT2D eigenvalue weighted by Gasteiger charge is -2.15. The summed E-state index contributed by atoms with van der Waals surface area (Å²) in [7, 11) is 0. The predicted molar refractivity (Wildman–Crippen MR) is 96.1 cm³/mol. The molecule has 0 spiro atoms. The number of ether oxygens (including phenoxy) is 1. The summed E-state index contributed by atoms with van der Waals surface area (Å²) in [6, 6.07) is 10.9. The number of benzene rings is 1. The summed E-state index contributed by atoms with van der Waals surface area (Å²) < 4.78 is 5.05. The van der Waals surface area contributed by atoms with Gasteiger partial charge in [-0.15, -0.1) is 0 Å². The number of para-hydroxylation sites is 1. The number of aromatic nitrogens is 1. The second-order valence-corrected chi connectivity index (χ2v) is 6.44. The molecule has 0 saturated carbocycles. The highest BCUT2D eigenvalue weighted by molar-refractivity contribution is 6.06. The molecule has 1 N–H and O–H groups in total. The zero-order valence-electron chi connectivity index (χ0n) is 14.6. The third kappa shape index (κ3) is 3.72. The molecule has 3 amide bonds. The zero-order valence-corrected chi connectivity index (χ0v) is 14.6. The Bertz CT molecular complexity index is 905. The Morgan fingerprint density at radius 3 is 2.73 bits per heavy atom. The molecule has 1 aromatic carbocycles. The van der Waals surface area contributed by atoms with Crippen molar-refractivity contribution in [1.29, 1.82) is 0 Å². The van der Waals surface area contributed by atoms with E-state index in [4.69, 9.17) is 4.74 Å². The maximum atomic E-state index is 12.0. The summed E-state index contributed by atoms with van der Waals surface area (Å²) in [5, 5.41) is 3.58. The smallest absolute Gasteiger partial charge is 0.330 e. The average Bonchev–Trinajstić information content (AvgIpc) is 2.81. The lowest BCUT2D eigenvalue weighted by molar-refractivity contribution is -0.140. The lowest BCUT2D eigenvalue weighted by atomic mass is 10.1. The fraction of sp³-hybridized carbons (Fsp3) is 0.263. The summed E-state index contributed by atoms with van der Waals surface area (Å²) in [6.07, 6.45) is 2.83. The van der Waals surface area contributed by atoms with E-state index < -0.39 is 17.5 Å². The van der Waals surface area contributed by atoms with E-state index in [1.807, 2.05) is 30.3 Å².